The zero-order valence-corrected chi connectivity index (χ0v) is 11.3. The molecule has 6 nitrogen and oxygen atoms in total. The fourth-order valence-corrected chi connectivity index (χ4v) is 2.14. The molecule has 0 bridgehead atoms. The smallest absolute Gasteiger partial charge is 0.413 e. The summed E-state index contributed by atoms with van der Waals surface area (Å²) in [5.74, 6) is -3.08. The Morgan fingerprint density at radius 3 is 2.43 bits per heavy atom. The van der Waals surface area contributed by atoms with Crippen molar-refractivity contribution in [3.05, 3.63) is 28.5 Å². The third-order valence-corrected chi connectivity index (χ3v) is 3.52. The largest absolute Gasteiger partial charge is 0.478 e. The summed E-state index contributed by atoms with van der Waals surface area (Å²) in [6, 6.07) is 0.821. The van der Waals surface area contributed by atoms with Crippen LogP contribution in [-0.4, -0.2) is 32.3 Å². The van der Waals surface area contributed by atoms with Gasteiger partial charge in [-0.3, -0.25) is 4.84 Å². The molecule has 0 saturated heterocycles. The Bertz CT molecular complexity index is 661. The van der Waals surface area contributed by atoms with E-state index in [2.05, 4.69) is 4.84 Å². The highest BCUT2D eigenvalue weighted by molar-refractivity contribution is 7.89. The van der Waals surface area contributed by atoms with Gasteiger partial charge in [0.05, 0.1) is 15.5 Å². The molecule has 1 aromatic carbocycles. The summed E-state index contributed by atoms with van der Waals surface area (Å²) < 4.78 is 71.8. The van der Waals surface area contributed by atoms with E-state index in [1.54, 1.807) is 0 Å². The fourth-order valence-electron chi connectivity index (χ4n) is 1.11. The molecule has 1 rings (SSSR count). The molecule has 0 aliphatic heterocycles. The number of carbonyl (C=O) groups is 1. The highest BCUT2D eigenvalue weighted by Gasteiger charge is 2.29. The van der Waals surface area contributed by atoms with Gasteiger partial charge >= 0.3 is 12.1 Å². The van der Waals surface area contributed by atoms with Crippen LogP contribution >= 0.6 is 11.6 Å². The molecule has 0 amide bonds. The Morgan fingerprint density at radius 2 is 1.95 bits per heavy atom. The van der Waals surface area contributed by atoms with E-state index in [1.807, 2.05) is 0 Å². The van der Waals surface area contributed by atoms with Crippen LogP contribution in [0.1, 0.15) is 10.4 Å². The second kappa shape index (κ2) is 6.13. The molecular formula is C9H6ClF4NO5S. The van der Waals surface area contributed by atoms with Crippen LogP contribution < -0.4 is 4.89 Å². The molecule has 0 spiro atoms. The van der Waals surface area contributed by atoms with E-state index in [-0.39, 0.29) is 0 Å². The maximum atomic E-state index is 13.3. The van der Waals surface area contributed by atoms with Crippen molar-refractivity contribution in [3.63, 3.8) is 0 Å². The summed E-state index contributed by atoms with van der Waals surface area (Å²) in [7, 11) is -4.71. The molecule has 0 fully saturated rings. The molecule has 118 valence electrons. The Morgan fingerprint density at radius 1 is 1.38 bits per heavy atom. The van der Waals surface area contributed by atoms with E-state index in [4.69, 9.17) is 16.7 Å². The summed E-state index contributed by atoms with van der Waals surface area (Å²) in [6.07, 6.45) is -4.79. The van der Waals surface area contributed by atoms with Crippen molar-refractivity contribution in [2.45, 2.75) is 11.1 Å². The second-order valence-corrected chi connectivity index (χ2v) is 5.59. The minimum atomic E-state index is -4.79. The van der Waals surface area contributed by atoms with Gasteiger partial charge < -0.3 is 5.11 Å². The number of sulfonamides is 1. The minimum absolute atomic E-state index is 0.341. The van der Waals surface area contributed by atoms with E-state index in [0.717, 1.165) is 4.89 Å². The lowest BCUT2D eigenvalue weighted by Crippen LogP contribution is -2.29. The number of carboxylic acid groups (broad SMARTS) is 1. The van der Waals surface area contributed by atoms with Crippen molar-refractivity contribution < 1.29 is 40.7 Å². The normalized spacial score (nSPS) is 12.4. The van der Waals surface area contributed by atoms with Crippen molar-refractivity contribution in [2.24, 2.45) is 0 Å². The molecule has 0 heterocycles. The van der Waals surface area contributed by atoms with Crippen LogP contribution in [0.2, 0.25) is 5.02 Å². The number of carboxylic acids is 1. The maximum Gasteiger partial charge on any atom is 0.413 e. The maximum absolute atomic E-state index is 13.3. The molecule has 0 saturated carbocycles. The van der Waals surface area contributed by atoms with Crippen LogP contribution in [0.4, 0.5) is 17.6 Å². The van der Waals surface area contributed by atoms with Gasteiger partial charge in [-0.1, -0.05) is 16.5 Å². The number of hydrogen-bond donors (Lipinski definition) is 2. The number of halogens is 5. The second-order valence-electron chi connectivity index (χ2n) is 3.56. The van der Waals surface area contributed by atoms with E-state index in [1.165, 1.54) is 0 Å². The van der Waals surface area contributed by atoms with Gasteiger partial charge in [0.15, 0.2) is 6.61 Å². The average molecular weight is 352 g/mol. The lowest BCUT2D eigenvalue weighted by molar-refractivity contribution is -0.181. The summed E-state index contributed by atoms with van der Waals surface area (Å²) in [6.45, 7) is -1.92. The summed E-state index contributed by atoms with van der Waals surface area (Å²) in [5.41, 5.74) is -0.868. The number of rotatable bonds is 5. The van der Waals surface area contributed by atoms with Crippen molar-refractivity contribution in [1.82, 2.24) is 4.89 Å². The highest BCUT2D eigenvalue weighted by Crippen LogP contribution is 2.24. The third kappa shape index (κ3) is 4.81. The first kappa shape index (κ1) is 17.6. The Balaban J connectivity index is 3.07. The Labute approximate surface area is 120 Å². The van der Waals surface area contributed by atoms with Gasteiger partial charge in [-0.15, -0.1) is 0 Å². The monoisotopic (exact) mass is 351 g/mol. The molecule has 0 aliphatic carbocycles. The minimum Gasteiger partial charge on any atom is -0.478 e. The number of benzene rings is 1. The molecule has 0 aliphatic rings. The lowest BCUT2D eigenvalue weighted by Gasteiger charge is -2.10. The predicted molar refractivity (Wildman–Crippen MR) is 60.7 cm³/mol. The van der Waals surface area contributed by atoms with Gasteiger partial charge in [0.1, 0.15) is 5.82 Å². The van der Waals surface area contributed by atoms with E-state index >= 15 is 0 Å². The summed E-state index contributed by atoms with van der Waals surface area (Å²) in [5, 5.41) is 7.88. The van der Waals surface area contributed by atoms with Crippen LogP contribution in [-0.2, 0) is 14.9 Å². The molecule has 0 radical (unpaired) electrons. The number of nitrogens with one attached hydrogen (secondary N) is 1. The molecule has 21 heavy (non-hydrogen) atoms. The number of alkyl halides is 3. The molecule has 0 atom stereocenters. The molecule has 1 aromatic rings. The van der Waals surface area contributed by atoms with Crippen LogP contribution in [0.15, 0.2) is 17.0 Å². The zero-order valence-electron chi connectivity index (χ0n) is 9.74. The first-order valence-electron chi connectivity index (χ1n) is 4.87. The molecule has 12 heteroatoms. The van der Waals surface area contributed by atoms with Gasteiger partial charge in [0, 0.05) is 0 Å². The predicted octanol–water partition coefficient (Wildman–Crippen LogP) is 1.95. The van der Waals surface area contributed by atoms with Crippen molar-refractivity contribution in [1.29, 1.82) is 0 Å². The first-order valence-corrected chi connectivity index (χ1v) is 6.73. The van der Waals surface area contributed by atoms with E-state index in [0.29, 0.717) is 12.1 Å². The SMILES string of the molecule is O=C(O)c1cc(S(=O)(=O)NOCC(F)(F)F)cc(F)c1Cl. The van der Waals surface area contributed by atoms with Crippen molar-refractivity contribution in [3.8, 4) is 0 Å². The third-order valence-electron chi connectivity index (χ3n) is 1.95. The Hall–Kier alpha value is -1.43. The summed E-state index contributed by atoms with van der Waals surface area (Å²) >= 11 is 5.32. The molecule has 0 aromatic heterocycles. The molecular weight excluding hydrogens is 346 g/mol. The van der Waals surface area contributed by atoms with Crippen LogP contribution in [0, 0.1) is 5.82 Å². The topological polar surface area (TPSA) is 92.7 Å². The van der Waals surface area contributed by atoms with E-state index in [9.17, 15) is 30.8 Å². The molecule has 2 N–H and O–H groups in total. The van der Waals surface area contributed by atoms with Gasteiger partial charge in [-0.2, -0.15) is 13.2 Å². The van der Waals surface area contributed by atoms with Gasteiger partial charge in [0.25, 0.3) is 10.0 Å². The highest BCUT2D eigenvalue weighted by atomic mass is 35.5. The fraction of sp³-hybridized carbons (Fsp3) is 0.222. The van der Waals surface area contributed by atoms with Gasteiger partial charge in [-0.05, 0) is 12.1 Å². The molecule has 0 unspecified atom stereocenters. The van der Waals surface area contributed by atoms with Crippen LogP contribution in [0.3, 0.4) is 0 Å². The van der Waals surface area contributed by atoms with Crippen LogP contribution in [0.5, 0.6) is 0 Å². The van der Waals surface area contributed by atoms with Crippen molar-refractivity contribution in [2.75, 3.05) is 6.61 Å². The zero-order chi connectivity index (χ0) is 16.4. The van der Waals surface area contributed by atoms with Crippen molar-refractivity contribution >= 4 is 27.6 Å². The Kier molecular flexibility index (Phi) is 5.15. The van der Waals surface area contributed by atoms with Gasteiger partial charge in [0.2, 0.25) is 0 Å². The van der Waals surface area contributed by atoms with E-state index < -0.39 is 50.1 Å². The lowest BCUT2D eigenvalue weighted by atomic mass is 10.2. The van der Waals surface area contributed by atoms with Gasteiger partial charge in [-0.25, -0.2) is 17.6 Å². The quantitative estimate of drug-likeness (QED) is 0.625. The average Bonchev–Trinajstić information content (AvgIpc) is 2.29. The standard InChI is InChI=1S/C9H6ClF4NO5S/c10-7-5(8(16)17)1-4(2-6(7)11)21(18,19)15-20-3-9(12,13)14/h1-2,15H,3H2,(H,16,17). The summed E-state index contributed by atoms with van der Waals surface area (Å²) in [4.78, 5) is 14.6. The number of aromatic carboxylic acids is 1. The first-order chi connectivity index (χ1) is 9.44. The van der Waals surface area contributed by atoms with Crippen LogP contribution in [0.25, 0.3) is 0 Å². The number of hydrogen-bond acceptors (Lipinski definition) is 4.